The number of nitrogens with zero attached hydrogens (tertiary/aromatic N) is 3. The predicted octanol–water partition coefficient (Wildman–Crippen LogP) is 3.08. The van der Waals surface area contributed by atoms with E-state index in [4.69, 9.17) is 10.5 Å². The SMILES string of the molecule is Cc1c(OC[C@@H](O)CN)ccc([C@H](C)N2C[C@@H]3C[C@H]2CN3C(=O)c2ccc(C(F)(F)F)nc2)c1C. The molecule has 0 saturated carbocycles. The molecule has 1 aromatic heterocycles. The number of nitrogens with two attached hydrogens (primary N) is 1. The predicted molar refractivity (Wildman–Crippen MR) is 124 cm³/mol. The third-order valence-electron chi connectivity index (χ3n) is 7.27. The second-order valence-corrected chi connectivity index (χ2v) is 9.41. The lowest BCUT2D eigenvalue weighted by molar-refractivity contribution is -0.141. The van der Waals surface area contributed by atoms with Crippen LogP contribution in [0.4, 0.5) is 13.2 Å². The molecule has 0 spiro atoms. The highest BCUT2D eigenvalue weighted by atomic mass is 19.4. The molecule has 10 heteroatoms. The van der Waals surface area contributed by atoms with E-state index in [1.807, 2.05) is 19.1 Å². The van der Waals surface area contributed by atoms with E-state index in [-0.39, 0.29) is 42.7 Å². The van der Waals surface area contributed by atoms with E-state index in [0.717, 1.165) is 35.6 Å². The molecule has 1 amide bonds. The van der Waals surface area contributed by atoms with Crippen molar-refractivity contribution in [3.05, 3.63) is 58.4 Å². The van der Waals surface area contributed by atoms with Gasteiger partial charge in [-0.2, -0.15) is 13.2 Å². The minimum atomic E-state index is -4.53. The van der Waals surface area contributed by atoms with Crippen molar-refractivity contribution < 1.29 is 27.8 Å². The average Bonchev–Trinajstić information content (AvgIpc) is 3.45. The Hall–Kier alpha value is -2.69. The van der Waals surface area contributed by atoms with Gasteiger partial charge in [-0.15, -0.1) is 0 Å². The van der Waals surface area contributed by atoms with E-state index in [2.05, 4.69) is 23.7 Å². The number of carbonyl (C=O) groups is 1. The molecule has 3 heterocycles. The molecular formula is C25H31F3N4O3. The number of likely N-dealkylation sites (tertiary alicyclic amines) is 2. The zero-order valence-electron chi connectivity index (χ0n) is 20.0. The topological polar surface area (TPSA) is 91.9 Å². The maximum absolute atomic E-state index is 13.0. The quantitative estimate of drug-likeness (QED) is 0.617. The molecule has 2 aromatic rings. The molecule has 2 fully saturated rings. The smallest absolute Gasteiger partial charge is 0.433 e. The standard InChI is InChI=1S/C25H31F3N4O3/c1-14-15(2)22(35-13-20(33)9-29)6-5-21(14)16(3)31-11-19-8-18(31)12-32(19)24(34)17-4-7-23(30-10-17)25(26,27)28/h4-7,10,16,18-20,33H,8-9,11-13,29H2,1-3H3/t16-,18-,19-,20-/m0/s1. The highest BCUT2D eigenvalue weighted by Gasteiger charge is 2.47. The summed E-state index contributed by atoms with van der Waals surface area (Å²) < 4.78 is 44.1. The largest absolute Gasteiger partial charge is 0.491 e. The zero-order chi connectivity index (χ0) is 25.5. The lowest BCUT2D eigenvalue weighted by Gasteiger charge is -2.38. The third-order valence-corrected chi connectivity index (χ3v) is 7.27. The number of piperazine rings is 1. The highest BCUT2D eigenvalue weighted by molar-refractivity contribution is 5.94. The van der Waals surface area contributed by atoms with Crippen molar-refractivity contribution in [2.75, 3.05) is 26.2 Å². The van der Waals surface area contributed by atoms with Crippen LogP contribution in [0.3, 0.4) is 0 Å². The molecule has 2 bridgehead atoms. The van der Waals surface area contributed by atoms with Gasteiger partial charge in [0.1, 0.15) is 24.2 Å². The molecule has 7 nitrogen and oxygen atoms in total. The summed E-state index contributed by atoms with van der Waals surface area (Å²) in [6.07, 6.45) is -3.39. The Kier molecular flexibility index (Phi) is 7.08. The van der Waals surface area contributed by atoms with E-state index in [1.165, 1.54) is 11.6 Å². The third kappa shape index (κ3) is 5.00. The molecule has 3 N–H and O–H groups in total. The van der Waals surface area contributed by atoms with Crippen molar-refractivity contribution in [2.24, 2.45) is 5.73 Å². The molecule has 0 aliphatic carbocycles. The van der Waals surface area contributed by atoms with Gasteiger partial charge in [0, 0.05) is 44.0 Å². The second kappa shape index (κ2) is 9.75. The maximum atomic E-state index is 13.0. The summed E-state index contributed by atoms with van der Waals surface area (Å²) in [5, 5.41) is 9.67. The monoisotopic (exact) mass is 492 g/mol. The van der Waals surface area contributed by atoms with E-state index in [1.54, 1.807) is 4.90 Å². The van der Waals surface area contributed by atoms with Gasteiger partial charge in [0.15, 0.2) is 0 Å². The maximum Gasteiger partial charge on any atom is 0.433 e. The van der Waals surface area contributed by atoms with Crippen molar-refractivity contribution in [3.8, 4) is 5.75 Å². The van der Waals surface area contributed by atoms with Crippen LogP contribution < -0.4 is 10.5 Å². The summed E-state index contributed by atoms with van der Waals surface area (Å²) in [6, 6.07) is 6.32. The van der Waals surface area contributed by atoms with Gasteiger partial charge in [-0.25, -0.2) is 0 Å². The van der Waals surface area contributed by atoms with Crippen LogP contribution in [0.2, 0.25) is 0 Å². The number of amides is 1. The summed E-state index contributed by atoms with van der Waals surface area (Å²) in [5.74, 6) is 0.440. The first-order valence-electron chi connectivity index (χ1n) is 11.7. The number of pyridine rings is 1. The van der Waals surface area contributed by atoms with Gasteiger partial charge in [0.25, 0.3) is 5.91 Å². The van der Waals surface area contributed by atoms with Crippen LogP contribution in [-0.2, 0) is 6.18 Å². The van der Waals surface area contributed by atoms with Gasteiger partial charge in [-0.05, 0) is 62.1 Å². The average molecular weight is 493 g/mol. The number of ether oxygens (including phenoxy) is 1. The van der Waals surface area contributed by atoms with E-state index in [9.17, 15) is 23.1 Å². The van der Waals surface area contributed by atoms with Gasteiger partial charge in [0.2, 0.25) is 0 Å². The number of rotatable bonds is 7. The van der Waals surface area contributed by atoms with Crippen molar-refractivity contribution in [2.45, 2.75) is 57.6 Å². The molecule has 0 radical (unpaired) electrons. The molecule has 35 heavy (non-hydrogen) atoms. The van der Waals surface area contributed by atoms with Crippen molar-refractivity contribution >= 4 is 5.91 Å². The number of hydrogen-bond donors (Lipinski definition) is 2. The number of fused-ring (bicyclic) bond motifs is 2. The first kappa shape index (κ1) is 25.4. The number of alkyl halides is 3. The fourth-order valence-corrected chi connectivity index (χ4v) is 5.13. The highest BCUT2D eigenvalue weighted by Crippen LogP contribution is 2.39. The molecule has 190 valence electrons. The molecule has 4 atom stereocenters. The second-order valence-electron chi connectivity index (χ2n) is 9.41. The van der Waals surface area contributed by atoms with Crippen LogP contribution >= 0.6 is 0 Å². The Bertz CT molecular complexity index is 1080. The first-order valence-corrected chi connectivity index (χ1v) is 11.7. The number of aromatic nitrogens is 1. The fraction of sp³-hybridized carbons (Fsp3) is 0.520. The van der Waals surface area contributed by atoms with Gasteiger partial charge in [-0.3, -0.25) is 14.7 Å². The summed E-state index contributed by atoms with van der Waals surface area (Å²) in [5.41, 5.74) is 7.91. The Labute approximate surface area is 202 Å². The van der Waals surface area contributed by atoms with Crippen LogP contribution in [-0.4, -0.2) is 70.2 Å². The molecule has 2 saturated heterocycles. The number of aliphatic hydroxyl groups excluding tert-OH is 1. The number of carbonyl (C=O) groups excluding carboxylic acids is 1. The normalized spacial score (nSPS) is 21.9. The minimum absolute atomic E-state index is 0.0130. The number of benzene rings is 1. The molecule has 4 rings (SSSR count). The van der Waals surface area contributed by atoms with Crippen LogP contribution in [0.15, 0.2) is 30.5 Å². The van der Waals surface area contributed by atoms with Crippen LogP contribution in [0.1, 0.15) is 52.1 Å². The Morgan fingerprint density at radius 2 is 1.94 bits per heavy atom. The summed E-state index contributed by atoms with van der Waals surface area (Å²) in [6.45, 7) is 7.70. The van der Waals surface area contributed by atoms with Crippen LogP contribution in [0.5, 0.6) is 5.75 Å². The lowest BCUT2D eigenvalue weighted by Crippen LogP contribution is -2.49. The van der Waals surface area contributed by atoms with E-state index in [0.29, 0.717) is 13.1 Å². The molecule has 2 aliphatic rings. The molecular weight excluding hydrogens is 461 g/mol. The van der Waals surface area contributed by atoms with Gasteiger partial charge >= 0.3 is 6.18 Å². The van der Waals surface area contributed by atoms with Crippen LogP contribution in [0, 0.1) is 13.8 Å². The zero-order valence-corrected chi connectivity index (χ0v) is 20.0. The van der Waals surface area contributed by atoms with Crippen molar-refractivity contribution in [3.63, 3.8) is 0 Å². The molecule has 2 aliphatic heterocycles. The Balaban J connectivity index is 1.42. The van der Waals surface area contributed by atoms with E-state index >= 15 is 0 Å². The number of halogens is 3. The Morgan fingerprint density at radius 3 is 2.51 bits per heavy atom. The van der Waals surface area contributed by atoms with Crippen molar-refractivity contribution in [1.29, 1.82) is 0 Å². The van der Waals surface area contributed by atoms with Gasteiger partial charge < -0.3 is 20.5 Å². The number of aliphatic hydroxyl groups is 1. The molecule has 0 unspecified atom stereocenters. The van der Waals surface area contributed by atoms with Gasteiger partial charge in [-0.1, -0.05) is 6.07 Å². The summed E-state index contributed by atoms with van der Waals surface area (Å²) in [4.78, 5) is 20.5. The minimum Gasteiger partial charge on any atom is -0.491 e. The van der Waals surface area contributed by atoms with Crippen molar-refractivity contribution in [1.82, 2.24) is 14.8 Å². The van der Waals surface area contributed by atoms with Gasteiger partial charge in [0.05, 0.1) is 5.56 Å². The fourth-order valence-electron chi connectivity index (χ4n) is 5.13. The Morgan fingerprint density at radius 1 is 1.20 bits per heavy atom. The summed E-state index contributed by atoms with van der Waals surface area (Å²) >= 11 is 0. The number of hydrogen-bond acceptors (Lipinski definition) is 6. The van der Waals surface area contributed by atoms with Crippen LogP contribution in [0.25, 0.3) is 0 Å². The van der Waals surface area contributed by atoms with E-state index < -0.39 is 18.0 Å². The first-order chi connectivity index (χ1) is 16.5. The summed E-state index contributed by atoms with van der Waals surface area (Å²) in [7, 11) is 0. The molecule has 1 aromatic carbocycles. The lowest BCUT2D eigenvalue weighted by atomic mass is 9.96.